The Morgan fingerprint density at radius 2 is 1.80 bits per heavy atom. The van der Waals surface area contributed by atoms with Crippen molar-refractivity contribution < 1.29 is 27.5 Å². The lowest BCUT2D eigenvalue weighted by atomic mass is 10.0. The van der Waals surface area contributed by atoms with E-state index in [1.165, 1.54) is 25.0 Å². The van der Waals surface area contributed by atoms with E-state index in [2.05, 4.69) is 25.2 Å². The molecule has 1 N–H and O–H groups in total. The topological polar surface area (TPSA) is 103 Å². The summed E-state index contributed by atoms with van der Waals surface area (Å²) in [4.78, 5) is 29.1. The van der Waals surface area contributed by atoms with Crippen LogP contribution < -0.4 is 5.32 Å². The van der Waals surface area contributed by atoms with Crippen molar-refractivity contribution in [3.05, 3.63) is 65.2 Å². The summed E-state index contributed by atoms with van der Waals surface area (Å²) in [5.41, 5.74) is 0.0429. The third kappa shape index (κ3) is 4.59. The van der Waals surface area contributed by atoms with E-state index in [1.807, 2.05) is 26.0 Å². The fraction of sp³-hybridized carbons (Fsp3) is 0.261. The number of methoxy groups -OCH3 is 1. The molecule has 0 unspecified atom stereocenters. The number of esters is 1. The number of nitrogens with zero attached hydrogens (tertiary/aromatic N) is 5. The third-order valence-corrected chi connectivity index (χ3v) is 5.39. The van der Waals surface area contributed by atoms with Gasteiger partial charge in [0.1, 0.15) is 0 Å². The summed E-state index contributed by atoms with van der Waals surface area (Å²) in [6.07, 6.45) is -3.53. The molecule has 0 aliphatic rings. The van der Waals surface area contributed by atoms with Crippen LogP contribution in [0, 0.1) is 0 Å². The van der Waals surface area contributed by atoms with Gasteiger partial charge in [0.15, 0.2) is 22.7 Å². The highest BCUT2D eigenvalue weighted by molar-refractivity contribution is 6.06. The summed E-state index contributed by atoms with van der Waals surface area (Å²) in [5, 5.41) is 10.2. The molecule has 0 saturated heterocycles. The number of nitrogens with one attached hydrogen (secondary N) is 1. The van der Waals surface area contributed by atoms with Crippen molar-refractivity contribution in [3.63, 3.8) is 0 Å². The molecule has 0 aliphatic heterocycles. The normalized spacial score (nSPS) is 11.8. The third-order valence-electron chi connectivity index (χ3n) is 5.39. The van der Waals surface area contributed by atoms with E-state index >= 15 is 0 Å². The first-order valence-corrected chi connectivity index (χ1v) is 10.5. The van der Waals surface area contributed by atoms with E-state index in [0.29, 0.717) is 10.1 Å². The summed E-state index contributed by atoms with van der Waals surface area (Å²) in [6, 6.07) is 9.11. The number of halogens is 3. The number of fused-ring (bicyclic) bond motifs is 1. The number of hydrogen-bond acceptors (Lipinski definition) is 6. The minimum absolute atomic E-state index is 0.0244. The molecule has 9 nitrogen and oxygen atoms in total. The Hall–Kier alpha value is -4.22. The highest BCUT2D eigenvalue weighted by Crippen LogP contribution is 2.33. The molecule has 12 heteroatoms. The van der Waals surface area contributed by atoms with Crippen LogP contribution in [0.1, 0.15) is 52.0 Å². The monoisotopic (exact) mass is 486 g/mol. The second-order valence-corrected chi connectivity index (χ2v) is 8.08. The van der Waals surface area contributed by atoms with Crippen molar-refractivity contribution in [3.8, 4) is 11.3 Å². The molecule has 0 spiro atoms. The zero-order valence-electron chi connectivity index (χ0n) is 19.2. The minimum Gasteiger partial charge on any atom is -0.464 e. The number of ether oxygens (including phenoxy) is 1. The molecule has 4 rings (SSSR count). The summed E-state index contributed by atoms with van der Waals surface area (Å²) >= 11 is 0. The largest absolute Gasteiger partial charge is 0.464 e. The van der Waals surface area contributed by atoms with Gasteiger partial charge in [0.2, 0.25) is 0 Å². The first-order chi connectivity index (χ1) is 16.5. The summed E-state index contributed by atoms with van der Waals surface area (Å²) < 4.78 is 48.1. The van der Waals surface area contributed by atoms with Crippen molar-refractivity contribution in [1.29, 1.82) is 0 Å². The standard InChI is InChI=1S/C23H21F3N6O3/c1-12(2)13-5-7-14(8-6-13)15-9-18(23(24,25)26)32-19(28-15)10-16(30-32)21(33)29-17-11-27-31(3)20(17)22(34)35-4/h5-12H,1-4H3,(H,29,33). The van der Waals surface area contributed by atoms with Crippen molar-refractivity contribution in [2.24, 2.45) is 7.05 Å². The van der Waals surface area contributed by atoms with Crippen LogP contribution >= 0.6 is 0 Å². The molecule has 0 radical (unpaired) electrons. The number of carbonyl (C=O) groups excluding carboxylic acids is 2. The maximum absolute atomic E-state index is 13.9. The smallest absolute Gasteiger partial charge is 0.433 e. The Morgan fingerprint density at radius 1 is 1.11 bits per heavy atom. The van der Waals surface area contributed by atoms with Crippen LogP contribution in [0.25, 0.3) is 16.9 Å². The van der Waals surface area contributed by atoms with Gasteiger partial charge in [-0.1, -0.05) is 38.1 Å². The van der Waals surface area contributed by atoms with Gasteiger partial charge in [-0.05, 0) is 17.5 Å². The average Bonchev–Trinajstić information content (AvgIpc) is 3.40. The summed E-state index contributed by atoms with van der Waals surface area (Å²) in [7, 11) is 2.64. The average molecular weight is 486 g/mol. The Balaban J connectivity index is 1.75. The molecule has 3 aromatic heterocycles. The van der Waals surface area contributed by atoms with Crippen molar-refractivity contribution in [1.82, 2.24) is 24.4 Å². The first-order valence-electron chi connectivity index (χ1n) is 10.5. The molecular formula is C23H21F3N6O3. The number of aryl methyl sites for hydroxylation is 1. The zero-order valence-corrected chi connectivity index (χ0v) is 19.2. The number of anilines is 1. The highest BCUT2D eigenvalue weighted by atomic mass is 19.4. The van der Waals surface area contributed by atoms with Crippen LogP contribution in [0.4, 0.5) is 18.9 Å². The summed E-state index contributed by atoms with van der Waals surface area (Å²) in [5.74, 6) is -1.32. The predicted octanol–water partition coefficient (Wildman–Crippen LogP) is 4.31. The van der Waals surface area contributed by atoms with Gasteiger partial charge in [-0.3, -0.25) is 9.48 Å². The second-order valence-electron chi connectivity index (χ2n) is 8.08. The van der Waals surface area contributed by atoms with Gasteiger partial charge >= 0.3 is 12.1 Å². The molecule has 1 aromatic carbocycles. The first kappa shape index (κ1) is 23.9. The predicted molar refractivity (Wildman–Crippen MR) is 120 cm³/mol. The molecule has 4 aromatic rings. The van der Waals surface area contributed by atoms with Crippen LogP contribution in [-0.2, 0) is 18.0 Å². The molecule has 182 valence electrons. The lowest BCUT2D eigenvalue weighted by molar-refractivity contribution is -0.142. The van der Waals surface area contributed by atoms with Gasteiger partial charge in [-0.15, -0.1) is 0 Å². The lowest BCUT2D eigenvalue weighted by Gasteiger charge is -2.12. The van der Waals surface area contributed by atoms with E-state index in [1.54, 1.807) is 12.1 Å². The Kier molecular flexibility index (Phi) is 6.05. The van der Waals surface area contributed by atoms with Crippen LogP contribution in [-0.4, -0.2) is 43.4 Å². The van der Waals surface area contributed by atoms with Gasteiger partial charge < -0.3 is 10.1 Å². The fourth-order valence-corrected chi connectivity index (χ4v) is 3.53. The SMILES string of the molecule is COC(=O)c1c(NC(=O)c2cc3nc(-c4ccc(C(C)C)cc4)cc(C(F)(F)F)n3n2)cnn1C. The molecular weight excluding hydrogens is 465 g/mol. The molecule has 0 aliphatic carbocycles. The van der Waals surface area contributed by atoms with E-state index in [-0.39, 0.29) is 34.3 Å². The Labute approximate surface area is 197 Å². The number of aromatic nitrogens is 5. The van der Waals surface area contributed by atoms with Crippen molar-refractivity contribution >= 4 is 23.2 Å². The number of alkyl halides is 3. The number of benzene rings is 1. The maximum atomic E-state index is 13.9. The maximum Gasteiger partial charge on any atom is 0.433 e. The highest BCUT2D eigenvalue weighted by Gasteiger charge is 2.36. The number of amides is 1. The van der Waals surface area contributed by atoms with Gasteiger partial charge in [-0.25, -0.2) is 14.3 Å². The molecule has 0 bridgehead atoms. The zero-order chi connectivity index (χ0) is 25.5. The van der Waals surface area contributed by atoms with Crippen molar-refractivity contribution in [2.45, 2.75) is 25.9 Å². The van der Waals surface area contributed by atoms with Gasteiger partial charge in [0, 0.05) is 18.7 Å². The van der Waals surface area contributed by atoms with E-state index < -0.39 is 23.7 Å². The quantitative estimate of drug-likeness (QED) is 0.422. The van der Waals surface area contributed by atoms with E-state index in [9.17, 15) is 22.8 Å². The van der Waals surface area contributed by atoms with Crippen LogP contribution in [0.2, 0.25) is 0 Å². The van der Waals surface area contributed by atoms with Gasteiger partial charge in [0.25, 0.3) is 5.91 Å². The molecule has 0 atom stereocenters. The van der Waals surface area contributed by atoms with Crippen LogP contribution in [0.5, 0.6) is 0 Å². The second kappa shape index (κ2) is 8.85. The number of carbonyl (C=O) groups is 2. The molecule has 35 heavy (non-hydrogen) atoms. The lowest BCUT2D eigenvalue weighted by Crippen LogP contribution is -2.17. The van der Waals surface area contributed by atoms with Crippen LogP contribution in [0.3, 0.4) is 0 Å². The number of hydrogen-bond donors (Lipinski definition) is 1. The Bertz CT molecular complexity index is 1420. The Morgan fingerprint density at radius 3 is 2.40 bits per heavy atom. The van der Waals surface area contributed by atoms with Crippen molar-refractivity contribution in [2.75, 3.05) is 12.4 Å². The van der Waals surface area contributed by atoms with Gasteiger partial charge in [-0.2, -0.15) is 23.4 Å². The van der Waals surface area contributed by atoms with Crippen LogP contribution in [0.15, 0.2) is 42.6 Å². The molecule has 0 fully saturated rings. The van der Waals surface area contributed by atoms with E-state index in [4.69, 9.17) is 0 Å². The fourth-order valence-electron chi connectivity index (χ4n) is 3.53. The molecule has 1 amide bonds. The molecule has 0 saturated carbocycles. The number of rotatable bonds is 5. The minimum atomic E-state index is -4.75. The van der Waals surface area contributed by atoms with E-state index in [0.717, 1.165) is 17.7 Å². The molecule has 3 heterocycles. The van der Waals surface area contributed by atoms with Gasteiger partial charge in [0.05, 0.1) is 24.7 Å². The summed E-state index contributed by atoms with van der Waals surface area (Å²) in [6.45, 7) is 4.03.